The van der Waals surface area contributed by atoms with Gasteiger partial charge in [-0.2, -0.15) is 0 Å². The van der Waals surface area contributed by atoms with Gasteiger partial charge >= 0.3 is 0 Å². The van der Waals surface area contributed by atoms with Crippen molar-refractivity contribution in [1.29, 1.82) is 0 Å². The van der Waals surface area contributed by atoms with E-state index in [0.29, 0.717) is 0 Å². The molecular weight excluding hydrogens is 412 g/mol. The maximum absolute atomic E-state index is 5.36. The van der Waals surface area contributed by atoms with Crippen LogP contribution >= 0.6 is 0 Å². The first-order valence-corrected chi connectivity index (χ1v) is 11.6. The molecule has 0 bridgehead atoms. The Morgan fingerprint density at radius 1 is 0.441 bits per heavy atom. The van der Waals surface area contributed by atoms with E-state index in [0.717, 1.165) is 5.75 Å². The summed E-state index contributed by atoms with van der Waals surface area (Å²) in [6.07, 6.45) is 0. The third-order valence-corrected chi connectivity index (χ3v) is 7.11. The SMILES string of the molecule is COc1ccc2cc(-c3ccc(-c4ccc5ccc6cccc7ccc4c5c67)cc3)ccc2c1. The molecule has 0 aliphatic rings. The first kappa shape index (κ1) is 19.1. The van der Waals surface area contributed by atoms with E-state index in [4.69, 9.17) is 4.74 Å². The molecule has 34 heavy (non-hydrogen) atoms. The highest BCUT2D eigenvalue weighted by molar-refractivity contribution is 6.25. The summed E-state index contributed by atoms with van der Waals surface area (Å²) in [7, 11) is 1.71. The van der Waals surface area contributed by atoms with E-state index in [1.807, 2.05) is 6.07 Å². The smallest absolute Gasteiger partial charge is 0.119 e. The second-order valence-electron chi connectivity index (χ2n) is 8.97. The fourth-order valence-electron chi connectivity index (χ4n) is 5.36. The van der Waals surface area contributed by atoms with Crippen LogP contribution in [-0.4, -0.2) is 7.11 Å². The van der Waals surface area contributed by atoms with Gasteiger partial charge in [-0.15, -0.1) is 0 Å². The molecule has 0 atom stereocenters. The summed E-state index contributed by atoms with van der Waals surface area (Å²) >= 11 is 0. The topological polar surface area (TPSA) is 9.23 Å². The fourth-order valence-corrected chi connectivity index (χ4v) is 5.36. The fraction of sp³-hybridized carbons (Fsp3) is 0.0303. The number of hydrogen-bond acceptors (Lipinski definition) is 1. The lowest BCUT2D eigenvalue weighted by atomic mass is 9.89. The van der Waals surface area contributed by atoms with Crippen LogP contribution in [0.5, 0.6) is 5.75 Å². The number of benzene rings is 7. The summed E-state index contributed by atoms with van der Waals surface area (Å²) < 4.78 is 5.36. The molecule has 0 amide bonds. The average molecular weight is 435 g/mol. The summed E-state index contributed by atoms with van der Waals surface area (Å²) in [6, 6.07) is 41.9. The Bertz CT molecular complexity index is 1810. The second kappa shape index (κ2) is 7.33. The molecule has 0 spiro atoms. The number of ether oxygens (including phenoxy) is 1. The zero-order valence-electron chi connectivity index (χ0n) is 18.9. The Balaban J connectivity index is 1.34. The minimum atomic E-state index is 0.887. The van der Waals surface area contributed by atoms with E-state index in [-0.39, 0.29) is 0 Å². The Kier molecular flexibility index (Phi) is 4.13. The molecule has 0 unspecified atom stereocenters. The first-order valence-electron chi connectivity index (χ1n) is 11.6. The quantitative estimate of drug-likeness (QED) is 0.252. The summed E-state index contributed by atoms with van der Waals surface area (Å²) in [5.74, 6) is 0.887. The Hall–Kier alpha value is -4.36. The van der Waals surface area contributed by atoms with Crippen LogP contribution in [0.25, 0.3) is 65.3 Å². The van der Waals surface area contributed by atoms with Crippen molar-refractivity contribution in [1.82, 2.24) is 0 Å². The number of hydrogen-bond donors (Lipinski definition) is 0. The average Bonchev–Trinajstić information content (AvgIpc) is 2.91. The van der Waals surface area contributed by atoms with Crippen LogP contribution < -0.4 is 4.74 Å². The Morgan fingerprint density at radius 3 is 1.82 bits per heavy atom. The van der Waals surface area contributed by atoms with Crippen molar-refractivity contribution < 1.29 is 4.74 Å². The largest absolute Gasteiger partial charge is 0.497 e. The molecule has 0 aliphatic heterocycles. The van der Waals surface area contributed by atoms with Crippen LogP contribution in [0.3, 0.4) is 0 Å². The molecule has 1 nitrogen and oxygen atoms in total. The van der Waals surface area contributed by atoms with Gasteiger partial charge in [-0.1, -0.05) is 97.1 Å². The van der Waals surface area contributed by atoms with Crippen LogP contribution in [-0.2, 0) is 0 Å². The first-order chi connectivity index (χ1) is 16.8. The molecule has 0 aliphatic carbocycles. The zero-order valence-corrected chi connectivity index (χ0v) is 18.9. The molecule has 1 heteroatoms. The van der Waals surface area contributed by atoms with Gasteiger partial charge in [-0.3, -0.25) is 0 Å². The zero-order chi connectivity index (χ0) is 22.6. The highest BCUT2D eigenvalue weighted by Gasteiger charge is 2.12. The molecular formula is C33H22O. The van der Waals surface area contributed by atoms with Crippen LogP contribution in [0.15, 0.2) is 115 Å². The van der Waals surface area contributed by atoms with Gasteiger partial charge in [0.2, 0.25) is 0 Å². The van der Waals surface area contributed by atoms with E-state index >= 15 is 0 Å². The van der Waals surface area contributed by atoms with Crippen molar-refractivity contribution in [3.05, 3.63) is 115 Å². The normalized spacial score (nSPS) is 11.7. The maximum Gasteiger partial charge on any atom is 0.119 e. The van der Waals surface area contributed by atoms with Gasteiger partial charge in [0.15, 0.2) is 0 Å². The molecule has 0 fully saturated rings. The minimum absolute atomic E-state index is 0.887. The van der Waals surface area contributed by atoms with Crippen LogP contribution in [0.4, 0.5) is 0 Å². The molecule has 0 N–H and O–H groups in total. The van der Waals surface area contributed by atoms with E-state index in [2.05, 4.69) is 109 Å². The highest BCUT2D eigenvalue weighted by atomic mass is 16.5. The van der Waals surface area contributed by atoms with Gasteiger partial charge in [-0.25, -0.2) is 0 Å². The molecule has 0 saturated heterocycles. The van der Waals surface area contributed by atoms with E-state index < -0.39 is 0 Å². The van der Waals surface area contributed by atoms with Crippen molar-refractivity contribution in [3.8, 4) is 28.0 Å². The predicted octanol–water partition coefficient (Wildman–Crippen LogP) is 9.08. The summed E-state index contributed by atoms with van der Waals surface area (Å²) in [4.78, 5) is 0. The van der Waals surface area contributed by atoms with Crippen LogP contribution in [0, 0.1) is 0 Å². The molecule has 0 heterocycles. The van der Waals surface area contributed by atoms with Gasteiger partial charge in [0.25, 0.3) is 0 Å². The molecule has 7 aromatic rings. The van der Waals surface area contributed by atoms with E-state index in [9.17, 15) is 0 Å². The van der Waals surface area contributed by atoms with E-state index in [1.165, 1.54) is 65.3 Å². The van der Waals surface area contributed by atoms with Gasteiger partial charge < -0.3 is 4.74 Å². The standard InChI is InChI=1S/C33H22O/c1-34-29-16-13-27-19-26(11-12-28(27)20-29)21-5-7-22(8-6-21)30-17-14-25-10-9-23-3-2-4-24-15-18-31(30)33(25)32(23)24/h2-20H,1H3. The molecule has 0 radical (unpaired) electrons. The molecule has 160 valence electrons. The molecule has 0 aromatic heterocycles. The summed E-state index contributed by atoms with van der Waals surface area (Å²) in [5.41, 5.74) is 4.97. The van der Waals surface area contributed by atoms with Crippen molar-refractivity contribution in [2.45, 2.75) is 0 Å². The van der Waals surface area contributed by atoms with Gasteiger partial charge in [-0.05, 0) is 83.5 Å². The van der Waals surface area contributed by atoms with Crippen LogP contribution in [0.2, 0.25) is 0 Å². The van der Waals surface area contributed by atoms with Gasteiger partial charge in [0.05, 0.1) is 7.11 Å². The lowest BCUT2D eigenvalue weighted by Crippen LogP contribution is -1.87. The summed E-state index contributed by atoms with van der Waals surface area (Å²) in [6.45, 7) is 0. The lowest BCUT2D eigenvalue weighted by molar-refractivity contribution is 0.415. The van der Waals surface area contributed by atoms with Crippen molar-refractivity contribution in [2.24, 2.45) is 0 Å². The monoisotopic (exact) mass is 434 g/mol. The van der Waals surface area contributed by atoms with Gasteiger partial charge in [0.1, 0.15) is 5.75 Å². The van der Waals surface area contributed by atoms with Crippen LogP contribution in [0.1, 0.15) is 0 Å². The lowest BCUT2D eigenvalue weighted by Gasteiger charge is -2.14. The van der Waals surface area contributed by atoms with Gasteiger partial charge in [0, 0.05) is 0 Å². The predicted molar refractivity (Wildman–Crippen MR) is 145 cm³/mol. The number of rotatable bonds is 3. The molecule has 7 aromatic carbocycles. The molecule has 0 saturated carbocycles. The van der Waals surface area contributed by atoms with Crippen molar-refractivity contribution in [3.63, 3.8) is 0 Å². The maximum atomic E-state index is 5.36. The third kappa shape index (κ3) is 2.87. The second-order valence-corrected chi connectivity index (χ2v) is 8.97. The Labute approximate surface area is 198 Å². The van der Waals surface area contributed by atoms with E-state index in [1.54, 1.807) is 7.11 Å². The minimum Gasteiger partial charge on any atom is -0.497 e. The number of methoxy groups -OCH3 is 1. The summed E-state index contributed by atoms with van der Waals surface area (Å²) in [5, 5.41) is 10.4. The third-order valence-electron chi connectivity index (χ3n) is 7.11. The Morgan fingerprint density at radius 2 is 1.03 bits per heavy atom. The highest BCUT2D eigenvalue weighted by Crippen LogP contribution is 2.39. The van der Waals surface area contributed by atoms with Crippen molar-refractivity contribution in [2.75, 3.05) is 7.11 Å². The number of fused-ring (bicyclic) bond motifs is 1. The van der Waals surface area contributed by atoms with Crippen molar-refractivity contribution >= 4 is 43.1 Å². The molecule has 7 rings (SSSR count).